The van der Waals surface area contributed by atoms with Crippen LogP contribution in [0.25, 0.3) is 16.9 Å². The molecule has 2 aromatic carbocycles. The van der Waals surface area contributed by atoms with Gasteiger partial charge in [-0.1, -0.05) is 56.1 Å². The molecule has 0 aliphatic rings. The Kier molecular flexibility index (Phi) is 6.35. The second-order valence-electron chi connectivity index (χ2n) is 8.14. The highest BCUT2D eigenvalue weighted by atomic mass is 35.5. The summed E-state index contributed by atoms with van der Waals surface area (Å²) >= 11 is 12.4. The van der Waals surface area contributed by atoms with E-state index in [4.69, 9.17) is 28.2 Å². The van der Waals surface area contributed by atoms with E-state index in [0.717, 1.165) is 22.8 Å². The number of hydrogen-bond acceptors (Lipinski definition) is 2. The maximum absolute atomic E-state index is 12.9. The molecule has 3 rings (SSSR count). The number of benzene rings is 2. The van der Waals surface area contributed by atoms with Crippen molar-refractivity contribution in [1.82, 2.24) is 14.9 Å². The molecule has 0 aliphatic carbocycles. The minimum atomic E-state index is -0.203. The summed E-state index contributed by atoms with van der Waals surface area (Å²) in [6, 6.07) is 15.0. The van der Waals surface area contributed by atoms with E-state index >= 15 is 0 Å². The van der Waals surface area contributed by atoms with Gasteiger partial charge in [0.05, 0.1) is 5.69 Å². The van der Waals surface area contributed by atoms with Gasteiger partial charge in [-0.3, -0.25) is 9.36 Å². The van der Waals surface area contributed by atoms with Crippen molar-refractivity contribution in [2.45, 2.75) is 34.1 Å². The molecule has 1 heterocycles. The fraction of sp³-hybridized carbons (Fsp3) is 0.304. The predicted molar refractivity (Wildman–Crippen MR) is 120 cm³/mol. The summed E-state index contributed by atoms with van der Waals surface area (Å²) in [6.07, 6.45) is 0.697. The number of hydrogen-bond donors (Lipinski definition) is 1. The van der Waals surface area contributed by atoms with Gasteiger partial charge in [-0.25, -0.2) is 4.98 Å². The number of aromatic nitrogens is 2. The van der Waals surface area contributed by atoms with Gasteiger partial charge < -0.3 is 5.32 Å². The van der Waals surface area contributed by atoms with Crippen LogP contribution < -0.4 is 5.32 Å². The Balaban J connectivity index is 2.34. The lowest BCUT2D eigenvalue weighted by atomic mass is 9.92. The molecule has 0 fully saturated rings. The lowest BCUT2D eigenvalue weighted by Crippen LogP contribution is -2.23. The summed E-state index contributed by atoms with van der Waals surface area (Å²) in [4.78, 5) is 17.7. The number of rotatable bonds is 5. The normalized spacial score (nSPS) is 11.5. The maximum Gasteiger partial charge on any atom is 0.272 e. The lowest BCUT2D eigenvalue weighted by molar-refractivity contribution is 0.0951. The summed E-state index contributed by atoms with van der Waals surface area (Å²) in [5.74, 6) is 0.612. The Bertz CT molecular complexity index is 1020. The number of nitrogens with zero attached hydrogens (tertiary/aromatic N) is 2. The van der Waals surface area contributed by atoms with E-state index in [1.165, 1.54) is 0 Å². The minimum absolute atomic E-state index is 0.0143. The number of carbonyl (C=O) groups excluding carboxylic acids is 1. The molecule has 0 unspecified atom stereocenters. The Morgan fingerprint density at radius 3 is 2.34 bits per heavy atom. The average Bonchev–Trinajstić information content (AvgIpc) is 3.00. The van der Waals surface area contributed by atoms with E-state index in [1.807, 2.05) is 60.0 Å². The second-order valence-corrected chi connectivity index (χ2v) is 9.02. The zero-order valence-corrected chi connectivity index (χ0v) is 18.6. The number of nitrogens with one attached hydrogen (secondary N) is 1. The molecule has 6 heteroatoms. The van der Waals surface area contributed by atoms with Gasteiger partial charge in [0.15, 0.2) is 5.69 Å². The van der Waals surface area contributed by atoms with E-state index < -0.39 is 0 Å². The van der Waals surface area contributed by atoms with Crippen LogP contribution in [-0.4, -0.2) is 22.0 Å². The summed E-state index contributed by atoms with van der Waals surface area (Å²) < 4.78 is 2.04. The Labute approximate surface area is 181 Å². The highest BCUT2D eigenvalue weighted by Gasteiger charge is 2.27. The van der Waals surface area contributed by atoms with Gasteiger partial charge in [0.2, 0.25) is 0 Å². The van der Waals surface area contributed by atoms with Crippen molar-refractivity contribution >= 4 is 29.1 Å². The topological polar surface area (TPSA) is 46.9 Å². The summed E-state index contributed by atoms with van der Waals surface area (Å²) in [5, 5.41) is 4.14. The van der Waals surface area contributed by atoms with Crippen molar-refractivity contribution in [2.24, 2.45) is 5.41 Å². The van der Waals surface area contributed by atoms with Crippen LogP contribution in [0.15, 0.2) is 48.5 Å². The van der Waals surface area contributed by atoms with E-state index in [1.54, 1.807) is 0 Å². The van der Waals surface area contributed by atoms with Gasteiger partial charge in [-0.05, 0) is 48.7 Å². The molecule has 0 atom stereocenters. The number of imidazole rings is 1. The monoisotopic (exact) mass is 429 g/mol. The standard InChI is InChI=1S/C23H25Cl2N3O/c1-5-26-22(29)20-21(15-7-6-8-17(25)13-15)28(18-11-9-16(24)10-12-18)19(27-20)14-23(2,3)4/h6-13H,5,14H2,1-4H3,(H,26,29). The van der Waals surface area contributed by atoms with Crippen LogP contribution in [0.5, 0.6) is 0 Å². The Morgan fingerprint density at radius 1 is 1.07 bits per heavy atom. The van der Waals surface area contributed by atoms with Gasteiger partial charge in [-0.2, -0.15) is 0 Å². The largest absolute Gasteiger partial charge is 0.351 e. The average molecular weight is 430 g/mol. The molecule has 3 aromatic rings. The third kappa shape index (κ3) is 5.01. The van der Waals surface area contributed by atoms with E-state index in [2.05, 4.69) is 26.1 Å². The van der Waals surface area contributed by atoms with Crippen molar-refractivity contribution in [2.75, 3.05) is 6.54 Å². The summed E-state index contributed by atoms with van der Waals surface area (Å²) in [5.41, 5.74) is 2.83. The Morgan fingerprint density at radius 2 is 1.76 bits per heavy atom. The van der Waals surface area contributed by atoms with Crippen LogP contribution in [-0.2, 0) is 6.42 Å². The van der Waals surface area contributed by atoms with Crippen LogP contribution in [0.3, 0.4) is 0 Å². The quantitative estimate of drug-likeness (QED) is 0.525. The van der Waals surface area contributed by atoms with Crippen LogP contribution in [0.1, 0.15) is 44.0 Å². The predicted octanol–water partition coefficient (Wildman–Crippen LogP) is 6.18. The van der Waals surface area contributed by atoms with E-state index in [0.29, 0.717) is 28.7 Å². The molecule has 1 N–H and O–H groups in total. The summed E-state index contributed by atoms with van der Waals surface area (Å²) in [6.45, 7) is 8.87. The first-order valence-corrected chi connectivity index (χ1v) is 10.4. The van der Waals surface area contributed by atoms with Crippen LogP contribution in [0, 0.1) is 5.41 Å². The van der Waals surface area contributed by atoms with Crippen molar-refractivity contribution in [3.63, 3.8) is 0 Å². The minimum Gasteiger partial charge on any atom is -0.351 e. The van der Waals surface area contributed by atoms with Crippen LogP contribution in [0.4, 0.5) is 0 Å². The van der Waals surface area contributed by atoms with Gasteiger partial charge in [0, 0.05) is 34.3 Å². The SMILES string of the molecule is CCNC(=O)c1nc(CC(C)(C)C)n(-c2ccc(Cl)cc2)c1-c1cccc(Cl)c1. The first-order chi connectivity index (χ1) is 13.7. The van der Waals surface area contributed by atoms with E-state index in [-0.39, 0.29) is 11.3 Å². The van der Waals surface area contributed by atoms with Crippen LogP contribution >= 0.6 is 23.2 Å². The molecule has 0 spiro atoms. The molecular formula is C23H25Cl2N3O. The molecule has 1 amide bonds. The van der Waals surface area contributed by atoms with Crippen molar-refractivity contribution in [3.8, 4) is 16.9 Å². The fourth-order valence-corrected chi connectivity index (χ4v) is 3.55. The zero-order chi connectivity index (χ0) is 21.2. The molecule has 0 bridgehead atoms. The maximum atomic E-state index is 12.9. The molecule has 0 aliphatic heterocycles. The van der Waals surface area contributed by atoms with E-state index in [9.17, 15) is 4.79 Å². The molecular weight excluding hydrogens is 405 g/mol. The molecule has 4 nitrogen and oxygen atoms in total. The zero-order valence-electron chi connectivity index (χ0n) is 17.1. The molecule has 0 saturated heterocycles. The van der Waals surface area contributed by atoms with Gasteiger partial charge in [0.1, 0.15) is 5.82 Å². The first-order valence-electron chi connectivity index (χ1n) is 9.61. The number of amides is 1. The van der Waals surface area contributed by atoms with Gasteiger partial charge >= 0.3 is 0 Å². The van der Waals surface area contributed by atoms with Crippen molar-refractivity contribution in [3.05, 3.63) is 70.1 Å². The smallest absolute Gasteiger partial charge is 0.272 e. The molecule has 0 radical (unpaired) electrons. The van der Waals surface area contributed by atoms with Gasteiger partial charge in [-0.15, -0.1) is 0 Å². The third-order valence-electron chi connectivity index (χ3n) is 4.37. The third-order valence-corrected chi connectivity index (χ3v) is 4.86. The fourth-order valence-electron chi connectivity index (χ4n) is 3.23. The van der Waals surface area contributed by atoms with Gasteiger partial charge in [0.25, 0.3) is 5.91 Å². The van der Waals surface area contributed by atoms with Crippen molar-refractivity contribution in [1.29, 1.82) is 0 Å². The number of carbonyl (C=O) groups is 1. The summed E-state index contributed by atoms with van der Waals surface area (Å²) in [7, 11) is 0. The highest BCUT2D eigenvalue weighted by Crippen LogP contribution is 2.33. The molecule has 1 aromatic heterocycles. The molecule has 29 heavy (non-hydrogen) atoms. The molecule has 152 valence electrons. The first kappa shape index (κ1) is 21.4. The Hall–Kier alpha value is -2.30. The second kappa shape index (κ2) is 8.60. The lowest BCUT2D eigenvalue weighted by Gasteiger charge is -2.20. The number of halogens is 2. The van der Waals surface area contributed by atoms with Crippen LogP contribution in [0.2, 0.25) is 10.0 Å². The molecule has 0 saturated carbocycles. The highest BCUT2D eigenvalue weighted by molar-refractivity contribution is 6.31. The van der Waals surface area contributed by atoms with Crippen molar-refractivity contribution < 1.29 is 4.79 Å².